The lowest BCUT2D eigenvalue weighted by molar-refractivity contribution is 1.24. The molecule has 0 aliphatic heterocycles. The van der Waals surface area contributed by atoms with E-state index in [2.05, 4.69) is 89.8 Å². The minimum atomic E-state index is 0.295. The summed E-state index contributed by atoms with van der Waals surface area (Å²) in [5, 5.41) is 6.57. The van der Waals surface area contributed by atoms with E-state index in [1.165, 1.54) is 31.0 Å². The van der Waals surface area contributed by atoms with Crippen molar-refractivity contribution >= 4 is 61.3 Å². The van der Waals surface area contributed by atoms with E-state index in [1.807, 2.05) is 34.0 Å². The summed E-state index contributed by atoms with van der Waals surface area (Å²) >= 11 is 5.55. The van der Waals surface area contributed by atoms with Crippen LogP contribution >= 0.6 is 34.0 Å². The van der Waals surface area contributed by atoms with Crippen LogP contribution in [0.15, 0.2) is 82.9 Å². The van der Waals surface area contributed by atoms with Gasteiger partial charge < -0.3 is 0 Å². The van der Waals surface area contributed by atoms with Crippen molar-refractivity contribution in [1.29, 1.82) is 0 Å². The molecule has 0 bridgehead atoms. The quantitative estimate of drug-likeness (QED) is 0.352. The van der Waals surface area contributed by atoms with Crippen molar-refractivity contribution in [3.8, 4) is 0 Å². The molecule has 4 rings (SSSR count). The monoisotopic (exact) mass is 390 g/mol. The summed E-state index contributed by atoms with van der Waals surface area (Å²) in [5.74, 6) is 0. The fraction of sp³-hybridized carbons (Fsp3) is 0.0909. The highest BCUT2D eigenvalue weighted by molar-refractivity contribution is 7.35. The van der Waals surface area contributed by atoms with E-state index in [0.717, 1.165) is 6.42 Å². The normalized spacial score (nSPS) is 12.0. The molecule has 0 aliphatic rings. The lowest BCUT2D eigenvalue weighted by Crippen LogP contribution is -2.40. The molecule has 3 heterocycles. The highest BCUT2D eigenvalue weighted by Gasteiger charge is 2.30. The third-order valence-corrected chi connectivity index (χ3v) is 7.31. The van der Waals surface area contributed by atoms with Gasteiger partial charge in [0.1, 0.15) is 0 Å². The summed E-state index contributed by atoms with van der Waals surface area (Å²) in [6.07, 6.45) is 1.02. The Bertz CT molecular complexity index is 916. The van der Waals surface area contributed by atoms with Crippen molar-refractivity contribution in [3.63, 3.8) is 0 Å². The van der Waals surface area contributed by atoms with Gasteiger partial charge in [0.2, 0.25) is 0 Å². The maximum absolute atomic E-state index is 2.28. The van der Waals surface area contributed by atoms with Gasteiger partial charge in [-0.05, 0) is 54.8 Å². The summed E-state index contributed by atoms with van der Waals surface area (Å²) < 4.78 is 2.83. The van der Waals surface area contributed by atoms with Crippen molar-refractivity contribution in [1.82, 2.24) is 0 Å². The van der Waals surface area contributed by atoms with Crippen LogP contribution in [0, 0.1) is 0 Å². The first-order chi connectivity index (χ1) is 12.9. The maximum Gasteiger partial charge on any atom is 0.268 e. The molecule has 0 saturated heterocycles. The zero-order valence-electron chi connectivity index (χ0n) is 14.6. The van der Waals surface area contributed by atoms with Gasteiger partial charge in [0.05, 0.1) is 0 Å². The number of allylic oxidation sites excluding steroid dienone is 1. The molecule has 0 aliphatic carbocycles. The molecule has 4 aromatic rings. The average Bonchev–Trinajstić information content (AvgIpc) is 3.45. The van der Waals surface area contributed by atoms with E-state index in [0.29, 0.717) is 6.71 Å². The van der Waals surface area contributed by atoms with Crippen LogP contribution < -0.4 is 9.55 Å². The Hall–Kier alpha value is -1.88. The third kappa shape index (κ3) is 3.50. The fourth-order valence-electron chi connectivity index (χ4n) is 3.42. The predicted octanol–water partition coefficient (Wildman–Crippen LogP) is 6.04. The van der Waals surface area contributed by atoms with Crippen molar-refractivity contribution in [2.75, 3.05) is 0 Å². The van der Waals surface area contributed by atoms with Gasteiger partial charge in [0.15, 0.2) is 0 Å². The Morgan fingerprint density at radius 3 is 1.85 bits per heavy atom. The number of thiophene rings is 3. The molecular weight excluding hydrogens is 371 g/mol. The third-order valence-electron chi connectivity index (χ3n) is 4.53. The Morgan fingerprint density at radius 2 is 1.35 bits per heavy atom. The van der Waals surface area contributed by atoms with Crippen LogP contribution in [-0.2, 0) is 0 Å². The molecule has 26 heavy (non-hydrogen) atoms. The number of benzene rings is 1. The van der Waals surface area contributed by atoms with Crippen LogP contribution in [0.2, 0.25) is 0 Å². The summed E-state index contributed by atoms with van der Waals surface area (Å²) in [6.45, 7) is 2.57. The minimum Gasteiger partial charge on any atom is -0.158 e. The van der Waals surface area contributed by atoms with E-state index < -0.39 is 0 Å². The smallest absolute Gasteiger partial charge is 0.158 e. The van der Waals surface area contributed by atoms with Crippen molar-refractivity contribution in [2.45, 2.75) is 13.3 Å². The van der Waals surface area contributed by atoms with Crippen LogP contribution in [0.25, 0.3) is 11.0 Å². The van der Waals surface area contributed by atoms with Gasteiger partial charge in [-0.15, -0.1) is 11.3 Å². The zero-order valence-corrected chi connectivity index (χ0v) is 17.0. The van der Waals surface area contributed by atoms with Crippen LogP contribution in [0.3, 0.4) is 0 Å². The molecule has 0 radical (unpaired) electrons. The van der Waals surface area contributed by atoms with Gasteiger partial charge in [0, 0.05) is 4.88 Å². The predicted molar refractivity (Wildman–Crippen MR) is 122 cm³/mol. The number of rotatable bonds is 6. The SMILES string of the molecule is CC/C(=C(\B(c1cccs1)c1cccs1)c1cccs1)c1ccccc1. The molecule has 0 amide bonds. The fourth-order valence-corrected chi connectivity index (χ4v) is 6.03. The lowest BCUT2D eigenvalue weighted by atomic mass is 9.41. The summed E-state index contributed by atoms with van der Waals surface area (Å²) in [4.78, 5) is 1.37. The van der Waals surface area contributed by atoms with Crippen LogP contribution in [-0.4, -0.2) is 6.71 Å². The second-order valence-electron chi connectivity index (χ2n) is 6.05. The highest BCUT2D eigenvalue weighted by atomic mass is 32.1. The molecule has 0 spiro atoms. The van der Waals surface area contributed by atoms with Gasteiger partial charge >= 0.3 is 0 Å². The number of hydrogen-bond donors (Lipinski definition) is 0. The van der Waals surface area contributed by atoms with Crippen LogP contribution in [0.5, 0.6) is 0 Å². The lowest BCUT2D eigenvalue weighted by Gasteiger charge is -2.20. The Labute approximate surface area is 167 Å². The van der Waals surface area contributed by atoms with Crippen molar-refractivity contribution < 1.29 is 0 Å². The molecule has 0 atom stereocenters. The summed E-state index contributed by atoms with van der Waals surface area (Å²) in [5.41, 5.74) is 4.23. The Kier molecular flexibility index (Phi) is 5.54. The van der Waals surface area contributed by atoms with Crippen molar-refractivity contribution in [3.05, 3.63) is 93.3 Å². The second kappa shape index (κ2) is 8.21. The van der Waals surface area contributed by atoms with Gasteiger partial charge in [-0.3, -0.25) is 0 Å². The van der Waals surface area contributed by atoms with Crippen LogP contribution in [0.1, 0.15) is 23.8 Å². The topological polar surface area (TPSA) is 0 Å². The molecule has 0 fully saturated rings. The molecule has 0 N–H and O–H groups in total. The molecule has 4 heteroatoms. The minimum absolute atomic E-state index is 0.295. The van der Waals surface area contributed by atoms with E-state index >= 15 is 0 Å². The van der Waals surface area contributed by atoms with Gasteiger partial charge in [-0.1, -0.05) is 67.6 Å². The summed E-state index contributed by atoms with van der Waals surface area (Å²) in [6, 6.07) is 24.2. The highest BCUT2D eigenvalue weighted by Crippen LogP contribution is 2.34. The Balaban J connectivity index is 2.00. The molecule has 128 valence electrons. The number of hydrogen-bond acceptors (Lipinski definition) is 3. The first-order valence-electron chi connectivity index (χ1n) is 8.77. The molecule has 1 aromatic carbocycles. The first-order valence-corrected chi connectivity index (χ1v) is 11.4. The largest absolute Gasteiger partial charge is 0.268 e. The standard InChI is InChI=1S/C22H19BS3/c1-2-18(17-9-4-3-5-10-17)22(19-11-6-14-24-19)23(20-12-7-15-25-20)21-13-8-16-26-21/h3-16H,2H2,1H3/b22-18+. The van der Waals surface area contributed by atoms with Crippen LogP contribution in [0.4, 0.5) is 0 Å². The zero-order chi connectivity index (χ0) is 17.8. The molecule has 0 saturated carbocycles. The summed E-state index contributed by atoms with van der Waals surface area (Å²) in [7, 11) is 0. The van der Waals surface area contributed by atoms with E-state index in [4.69, 9.17) is 0 Å². The first kappa shape index (κ1) is 17.5. The van der Waals surface area contributed by atoms with Gasteiger partial charge in [-0.2, -0.15) is 22.7 Å². The molecule has 0 nitrogen and oxygen atoms in total. The molecule has 3 aromatic heterocycles. The molecular formula is C22H19BS3. The average molecular weight is 390 g/mol. The van der Waals surface area contributed by atoms with Crippen molar-refractivity contribution in [2.24, 2.45) is 0 Å². The molecule has 0 unspecified atom stereocenters. The van der Waals surface area contributed by atoms with E-state index in [-0.39, 0.29) is 0 Å². The van der Waals surface area contributed by atoms with E-state index in [1.54, 1.807) is 0 Å². The Morgan fingerprint density at radius 1 is 0.731 bits per heavy atom. The second-order valence-corrected chi connectivity index (χ2v) is 8.96. The van der Waals surface area contributed by atoms with E-state index in [9.17, 15) is 0 Å². The van der Waals surface area contributed by atoms with Gasteiger partial charge in [0.25, 0.3) is 6.71 Å². The maximum atomic E-state index is 2.28. The van der Waals surface area contributed by atoms with Gasteiger partial charge in [-0.25, -0.2) is 0 Å².